The SMILES string of the molecule is Cc1cc2nc(CN3CCCCC3c3cc(C)on3)cc(=O)n2[nH]1. The molecule has 7 nitrogen and oxygen atoms in total. The van der Waals surface area contributed by atoms with Crippen LogP contribution in [0, 0.1) is 13.8 Å². The van der Waals surface area contributed by atoms with Gasteiger partial charge in [0.25, 0.3) is 5.56 Å². The average Bonchev–Trinajstić information content (AvgIpc) is 3.13. The lowest BCUT2D eigenvalue weighted by Crippen LogP contribution is -2.34. The Labute approximate surface area is 139 Å². The molecule has 126 valence electrons. The second kappa shape index (κ2) is 5.90. The number of hydrogen-bond acceptors (Lipinski definition) is 5. The van der Waals surface area contributed by atoms with Gasteiger partial charge in [-0.15, -0.1) is 0 Å². The fourth-order valence-electron chi connectivity index (χ4n) is 3.51. The van der Waals surface area contributed by atoms with Crippen LogP contribution >= 0.6 is 0 Å². The minimum atomic E-state index is -0.0751. The van der Waals surface area contributed by atoms with Gasteiger partial charge in [-0.2, -0.15) is 0 Å². The fourth-order valence-corrected chi connectivity index (χ4v) is 3.51. The maximum absolute atomic E-state index is 12.3. The summed E-state index contributed by atoms with van der Waals surface area (Å²) in [5.41, 5.74) is 3.29. The Hall–Kier alpha value is -2.41. The Bertz CT molecular complexity index is 923. The molecule has 1 unspecified atom stereocenters. The van der Waals surface area contributed by atoms with Crippen molar-refractivity contribution in [2.75, 3.05) is 6.54 Å². The van der Waals surface area contributed by atoms with Crippen LogP contribution in [0.1, 0.15) is 48.1 Å². The predicted octanol–water partition coefficient (Wildman–Crippen LogP) is 2.35. The number of H-pyrrole nitrogens is 1. The van der Waals surface area contributed by atoms with E-state index in [0.717, 1.165) is 42.2 Å². The van der Waals surface area contributed by atoms with Crippen LogP contribution in [-0.4, -0.2) is 31.2 Å². The number of nitrogens with zero attached hydrogens (tertiary/aromatic N) is 4. The van der Waals surface area contributed by atoms with Gasteiger partial charge in [0.05, 0.1) is 11.7 Å². The topological polar surface area (TPSA) is 79.4 Å². The van der Waals surface area contributed by atoms with Crippen LogP contribution in [0.3, 0.4) is 0 Å². The van der Waals surface area contributed by atoms with Crippen LogP contribution in [0.15, 0.2) is 27.5 Å². The standard InChI is InChI=1S/C17H21N5O2/c1-11-7-16-18-13(9-17(23)22(16)19-11)10-21-6-4-3-5-15(21)14-8-12(2)24-20-14/h7-9,15,19H,3-6,10H2,1-2H3. The van der Waals surface area contributed by atoms with Gasteiger partial charge in [-0.05, 0) is 33.2 Å². The molecule has 1 atom stereocenters. The number of nitrogens with one attached hydrogen (secondary N) is 1. The van der Waals surface area contributed by atoms with Crippen LogP contribution in [0.5, 0.6) is 0 Å². The summed E-state index contributed by atoms with van der Waals surface area (Å²) in [6.07, 6.45) is 3.38. The Kier molecular flexibility index (Phi) is 3.72. The molecule has 1 aliphatic heterocycles. The third-order valence-corrected chi connectivity index (χ3v) is 4.60. The lowest BCUT2D eigenvalue weighted by Gasteiger charge is -2.34. The molecular weight excluding hydrogens is 306 g/mol. The van der Waals surface area contributed by atoms with Gasteiger partial charge in [-0.25, -0.2) is 9.50 Å². The van der Waals surface area contributed by atoms with Gasteiger partial charge in [-0.1, -0.05) is 11.6 Å². The largest absolute Gasteiger partial charge is 0.361 e. The summed E-state index contributed by atoms with van der Waals surface area (Å²) in [7, 11) is 0. The molecule has 3 aromatic heterocycles. The van der Waals surface area contributed by atoms with Gasteiger partial charge in [0.15, 0.2) is 5.65 Å². The lowest BCUT2D eigenvalue weighted by molar-refractivity contribution is 0.132. The van der Waals surface area contributed by atoms with E-state index >= 15 is 0 Å². The minimum absolute atomic E-state index is 0.0751. The van der Waals surface area contributed by atoms with Gasteiger partial charge < -0.3 is 4.52 Å². The summed E-state index contributed by atoms with van der Waals surface area (Å²) in [4.78, 5) is 19.2. The normalized spacial score (nSPS) is 19.2. The molecule has 4 rings (SSSR count). The third-order valence-electron chi connectivity index (χ3n) is 4.60. The van der Waals surface area contributed by atoms with Crippen molar-refractivity contribution in [3.63, 3.8) is 0 Å². The molecule has 0 bridgehead atoms. The van der Waals surface area contributed by atoms with E-state index in [1.165, 1.54) is 10.9 Å². The predicted molar refractivity (Wildman–Crippen MR) is 88.8 cm³/mol. The van der Waals surface area contributed by atoms with Crippen LogP contribution in [0.4, 0.5) is 0 Å². The molecule has 0 radical (unpaired) electrons. The molecule has 0 aliphatic carbocycles. The highest BCUT2D eigenvalue weighted by atomic mass is 16.5. The van der Waals surface area contributed by atoms with E-state index in [2.05, 4.69) is 20.1 Å². The van der Waals surface area contributed by atoms with E-state index in [0.29, 0.717) is 12.2 Å². The minimum Gasteiger partial charge on any atom is -0.361 e. The van der Waals surface area contributed by atoms with Crippen molar-refractivity contribution in [3.8, 4) is 0 Å². The summed E-state index contributed by atoms with van der Waals surface area (Å²) in [6, 6.07) is 5.73. The number of likely N-dealkylation sites (tertiary alicyclic amines) is 1. The van der Waals surface area contributed by atoms with Crippen molar-refractivity contribution in [2.45, 2.75) is 45.7 Å². The number of aryl methyl sites for hydroxylation is 2. The number of aromatic nitrogens is 4. The monoisotopic (exact) mass is 327 g/mol. The molecular formula is C17H21N5O2. The van der Waals surface area contributed by atoms with Crippen LogP contribution < -0.4 is 5.56 Å². The highest BCUT2D eigenvalue weighted by molar-refractivity contribution is 5.39. The molecule has 3 aromatic rings. The number of aromatic amines is 1. The van der Waals surface area contributed by atoms with Gasteiger partial charge >= 0.3 is 0 Å². The number of fused-ring (bicyclic) bond motifs is 1. The molecule has 1 N–H and O–H groups in total. The summed E-state index contributed by atoms with van der Waals surface area (Å²) < 4.78 is 6.73. The summed E-state index contributed by atoms with van der Waals surface area (Å²) in [6.45, 7) is 5.45. The van der Waals surface area contributed by atoms with Crippen molar-refractivity contribution < 1.29 is 4.52 Å². The van der Waals surface area contributed by atoms with Gasteiger partial charge in [0.1, 0.15) is 11.5 Å². The first-order chi connectivity index (χ1) is 11.6. The number of piperidine rings is 1. The quantitative estimate of drug-likeness (QED) is 0.799. The Morgan fingerprint density at radius 3 is 2.96 bits per heavy atom. The molecule has 0 aromatic carbocycles. The Morgan fingerprint density at radius 1 is 1.29 bits per heavy atom. The van der Waals surface area contributed by atoms with E-state index < -0.39 is 0 Å². The molecule has 1 aliphatic rings. The Morgan fingerprint density at radius 2 is 2.17 bits per heavy atom. The first-order valence-electron chi connectivity index (χ1n) is 8.36. The molecule has 1 saturated heterocycles. The third kappa shape index (κ3) is 2.75. The van der Waals surface area contributed by atoms with Crippen LogP contribution in [-0.2, 0) is 6.54 Å². The zero-order valence-corrected chi connectivity index (χ0v) is 14.0. The van der Waals surface area contributed by atoms with Crippen molar-refractivity contribution in [2.24, 2.45) is 0 Å². The maximum atomic E-state index is 12.3. The highest BCUT2D eigenvalue weighted by Crippen LogP contribution is 2.31. The van der Waals surface area contributed by atoms with E-state index in [-0.39, 0.29) is 11.6 Å². The van der Waals surface area contributed by atoms with Crippen molar-refractivity contribution in [1.82, 2.24) is 24.7 Å². The molecule has 7 heteroatoms. The maximum Gasteiger partial charge on any atom is 0.272 e. The van der Waals surface area contributed by atoms with E-state index in [1.807, 2.05) is 26.0 Å². The molecule has 0 spiro atoms. The number of hydrogen-bond donors (Lipinski definition) is 1. The second-order valence-electron chi connectivity index (χ2n) is 6.56. The average molecular weight is 327 g/mol. The van der Waals surface area contributed by atoms with E-state index in [4.69, 9.17) is 4.52 Å². The van der Waals surface area contributed by atoms with E-state index in [9.17, 15) is 4.79 Å². The number of rotatable bonds is 3. The van der Waals surface area contributed by atoms with Crippen LogP contribution in [0.25, 0.3) is 5.65 Å². The van der Waals surface area contributed by atoms with Crippen molar-refractivity contribution in [3.05, 3.63) is 51.4 Å². The highest BCUT2D eigenvalue weighted by Gasteiger charge is 2.27. The second-order valence-corrected chi connectivity index (χ2v) is 6.56. The fraction of sp³-hybridized carbons (Fsp3) is 0.471. The smallest absolute Gasteiger partial charge is 0.272 e. The molecule has 0 saturated carbocycles. The van der Waals surface area contributed by atoms with E-state index in [1.54, 1.807) is 6.07 Å². The zero-order valence-electron chi connectivity index (χ0n) is 14.0. The van der Waals surface area contributed by atoms with Gasteiger partial charge in [0.2, 0.25) is 0 Å². The lowest BCUT2D eigenvalue weighted by atomic mass is 9.99. The summed E-state index contributed by atoms with van der Waals surface area (Å²) >= 11 is 0. The molecule has 4 heterocycles. The van der Waals surface area contributed by atoms with Gasteiger partial charge in [0, 0.05) is 30.4 Å². The Balaban J connectivity index is 1.64. The van der Waals surface area contributed by atoms with Crippen molar-refractivity contribution in [1.29, 1.82) is 0 Å². The molecule has 24 heavy (non-hydrogen) atoms. The first-order valence-corrected chi connectivity index (χ1v) is 8.36. The van der Waals surface area contributed by atoms with Crippen molar-refractivity contribution >= 4 is 5.65 Å². The van der Waals surface area contributed by atoms with Gasteiger partial charge in [-0.3, -0.25) is 14.8 Å². The summed E-state index contributed by atoms with van der Waals surface area (Å²) in [5, 5.41) is 7.19. The zero-order chi connectivity index (χ0) is 16.7. The molecule has 1 fully saturated rings. The first kappa shape index (κ1) is 15.1. The summed E-state index contributed by atoms with van der Waals surface area (Å²) in [5.74, 6) is 0.830. The molecule has 0 amide bonds. The van der Waals surface area contributed by atoms with Crippen LogP contribution in [0.2, 0.25) is 0 Å².